The monoisotopic (exact) mass is 362 g/mol. The first-order chi connectivity index (χ1) is 11.7. The van der Waals surface area contributed by atoms with Crippen molar-refractivity contribution in [2.45, 2.75) is 19.4 Å². The second kappa shape index (κ2) is 8.74. The summed E-state index contributed by atoms with van der Waals surface area (Å²) in [6.45, 7) is 3.66. The van der Waals surface area contributed by atoms with Gasteiger partial charge in [-0.2, -0.15) is 0 Å². The molecule has 6 heteroatoms. The molecule has 0 saturated heterocycles. The van der Waals surface area contributed by atoms with Crippen LogP contribution in [0.4, 0.5) is 0 Å². The van der Waals surface area contributed by atoms with E-state index in [1.54, 1.807) is 0 Å². The second-order valence-corrected chi connectivity index (χ2v) is 5.74. The summed E-state index contributed by atoms with van der Waals surface area (Å²) in [7, 11) is 0. The Hall–Kier alpha value is -2.24. The van der Waals surface area contributed by atoms with Crippen LogP contribution in [0.5, 0.6) is 11.5 Å². The molecule has 1 unspecified atom stereocenters. The Morgan fingerprint density at radius 1 is 1.16 bits per heavy atom. The standard InChI is InChI=1S/C19H22N2O3.ClH/c1-2-21(12-14-8-9-17-18(10-14)24-13-23-17)19(22)16(11-20)15-6-4-3-5-7-15;/h3-10,16H,2,11-13,20H2,1H3;1H. The van der Waals surface area contributed by atoms with Gasteiger partial charge in [0.1, 0.15) is 0 Å². The van der Waals surface area contributed by atoms with Crippen molar-refractivity contribution in [2.75, 3.05) is 19.9 Å². The minimum absolute atomic E-state index is 0. The highest BCUT2D eigenvalue weighted by Gasteiger charge is 2.24. The quantitative estimate of drug-likeness (QED) is 0.858. The average molecular weight is 363 g/mol. The van der Waals surface area contributed by atoms with E-state index in [0.717, 1.165) is 22.6 Å². The van der Waals surface area contributed by atoms with Gasteiger partial charge in [-0.25, -0.2) is 0 Å². The number of nitrogens with zero attached hydrogens (tertiary/aromatic N) is 1. The number of ether oxygens (including phenoxy) is 2. The summed E-state index contributed by atoms with van der Waals surface area (Å²) in [4.78, 5) is 14.8. The Kier molecular flexibility index (Phi) is 6.67. The molecule has 25 heavy (non-hydrogen) atoms. The molecule has 134 valence electrons. The van der Waals surface area contributed by atoms with Gasteiger partial charge in [0.15, 0.2) is 11.5 Å². The number of hydrogen-bond donors (Lipinski definition) is 1. The summed E-state index contributed by atoms with van der Waals surface area (Å²) in [6.07, 6.45) is 0. The van der Waals surface area contributed by atoms with E-state index >= 15 is 0 Å². The van der Waals surface area contributed by atoms with E-state index in [4.69, 9.17) is 15.2 Å². The Balaban J connectivity index is 0.00000225. The van der Waals surface area contributed by atoms with Crippen LogP contribution in [0, 0.1) is 0 Å². The van der Waals surface area contributed by atoms with E-state index in [1.807, 2.05) is 60.4 Å². The molecular formula is C19H23ClN2O3. The molecule has 1 aliphatic heterocycles. The molecule has 2 N–H and O–H groups in total. The minimum Gasteiger partial charge on any atom is -0.454 e. The van der Waals surface area contributed by atoms with Crippen LogP contribution in [-0.4, -0.2) is 30.7 Å². The molecule has 0 fully saturated rings. The van der Waals surface area contributed by atoms with Gasteiger partial charge in [-0.15, -0.1) is 12.4 Å². The molecule has 2 aromatic carbocycles. The van der Waals surface area contributed by atoms with Crippen LogP contribution in [0.25, 0.3) is 0 Å². The highest BCUT2D eigenvalue weighted by Crippen LogP contribution is 2.33. The predicted molar refractivity (Wildman–Crippen MR) is 99.1 cm³/mol. The lowest BCUT2D eigenvalue weighted by atomic mass is 9.97. The van der Waals surface area contributed by atoms with E-state index in [-0.39, 0.29) is 31.0 Å². The van der Waals surface area contributed by atoms with E-state index < -0.39 is 0 Å². The number of rotatable bonds is 6. The highest BCUT2D eigenvalue weighted by atomic mass is 35.5. The highest BCUT2D eigenvalue weighted by molar-refractivity contribution is 5.85. The maximum atomic E-state index is 12.9. The topological polar surface area (TPSA) is 64.8 Å². The van der Waals surface area contributed by atoms with Gasteiger partial charge in [0.25, 0.3) is 0 Å². The molecule has 0 radical (unpaired) electrons. The Morgan fingerprint density at radius 2 is 1.88 bits per heavy atom. The van der Waals surface area contributed by atoms with Crippen molar-refractivity contribution >= 4 is 18.3 Å². The number of hydrogen-bond acceptors (Lipinski definition) is 4. The molecular weight excluding hydrogens is 340 g/mol. The number of benzene rings is 2. The summed E-state index contributed by atoms with van der Waals surface area (Å²) in [5.41, 5.74) is 7.85. The zero-order valence-electron chi connectivity index (χ0n) is 14.2. The van der Waals surface area contributed by atoms with E-state index in [2.05, 4.69) is 0 Å². The molecule has 5 nitrogen and oxygen atoms in total. The van der Waals surface area contributed by atoms with Crippen molar-refractivity contribution in [1.29, 1.82) is 0 Å². The summed E-state index contributed by atoms with van der Waals surface area (Å²) < 4.78 is 10.7. The minimum atomic E-state index is -0.319. The van der Waals surface area contributed by atoms with Crippen LogP contribution in [0.15, 0.2) is 48.5 Å². The number of likely N-dealkylation sites (N-methyl/N-ethyl adjacent to an activating group) is 1. The molecule has 0 bridgehead atoms. The Bertz CT molecular complexity index is 709. The smallest absolute Gasteiger partial charge is 0.231 e. The summed E-state index contributed by atoms with van der Waals surface area (Å²) in [5, 5.41) is 0. The van der Waals surface area contributed by atoms with Crippen molar-refractivity contribution in [3.8, 4) is 11.5 Å². The average Bonchev–Trinajstić information content (AvgIpc) is 3.09. The van der Waals surface area contributed by atoms with Gasteiger partial charge in [0.05, 0.1) is 5.92 Å². The maximum Gasteiger partial charge on any atom is 0.231 e. The third kappa shape index (κ3) is 4.24. The van der Waals surface area contributed by atoms with Crippen LogP contribution < -0.4 is 15.2 Å². The Morgan fingerprint density at radius 3 is 2.56 bits per heavy atom. The normalized spacial score (nSPS) is 13.0. The van der Waals surface area contributed by atoms with Gasteiger partial charge in [-0.05, 0) is 30.2 Å². The molecule has 1 amide bonds. The zero-order valence-corrected chi connectivity index (χ0v) is 15.0. The maximum absolute atomic E-state index is 12.9. The summed E-state index contributed by atoms with van der Waals surface area (Å²) in [6, 6.07) is 15.5. The van der Waals surface area contributed by atoms with Crippen LogP contribution >= 0.6 is 12.4 Å². The van der Waals surface area contributed by atoms with Gasteiger partial charge in [-0.3, -0.25) is 4.79 Å². The van der Waals surface area contributed by atoms with Crippen molar-refractivity contribution in [3.63, 3.8) is 0 Å². The van der Waals surface area contributed by atoms with Crippen LogP contribution in [0.2, 0.25) is 0 Å². The lowest BCUT2D eigenvalue weighted by molar-refractivity contribution is -0.133. The summed E-state index contributed by atoms with van der Waals surface area (Å²) in [5.74, 6) is 1.20. The molecule has 1 aliphatic rings. The van der Waals surface area contributed by atoms with Gasteiger partial charge < -0.3 is 20.1 Å². The second-order valence-electron chi connectivity index (χ2n) is 5.74. The van der Waals surface area contributed by atoms with Gasteiger partial charge in [-0.1, -0.05) is 36.4 Å². The van der Waals surface area contributed by atoms with Gasteiger partial charge in [0.2, 0.25) is 12.7 Å². The van der Waals surface area contributed by atoms with Crippen molar-refractivity contribution in [1.82, 2.24) is 4.90 Å². The fourth-order valence-electron chi connectivity index (χ4n) is 2.89. The first kappa shape index (κ1) is 19.1. The number of amides is 1. The largest absolute Gasteiger partial charge is 0.454 e. The molecule has 3 rings (SSSR count). The molecule has 0 aliphatic carbocycles. The third-order valence-electron chi connectivity index (χ3n) is 4.24. The molecule has 0 saturated carbocycles. The molecule has 0 aromatic heterocycles. The molecule has 2 aromatic rings. The zero-order chi connectivity index (χ0) is 16.9. The lowest BCUT2D eigenvalue weighted by Crippen LogP contribution is -2.37. The fourth-order valence-corrected chi connectivity index (χ4v) is 2.89. The van der Waals surface area contributed by atoms with Gasteiger partial charge >= 0.3 is 0 Å². The van der Waals surface area contributed by atoms with E-state index in [0.29, 0.717) is 19.6 Å². The lowest BCUT2D eigenvalue weighted by Gasteiger charge is -2.26. The number of carbonyl (C=O) groups is 1. The van der Waals surface area contributed by atoms with Crippen molar-refractivity contribution in [2.24, 2.45) is 5.73 Å². The van der Waals surface area contributed by atoms with E-state index in [1.165, 1.54) is 0 Å². The first-order valence-electron chi connectivity index (χ1n) is 8.15. The number of fused-ring (bicyclic) bond motifs is 1. The number of nitrogens with two attached hydrogens (primary N) is 1. The SMILES string of the molecule is CCN(Cc1ccc2c(c1)OCO2)C(=O)C(CN)c1ccccc1.Cl. The molecule has 1 heterocycles. The fraction of sp³-hybridized carbons (Fsp3) is 0.316. The van der Waals surface area contributed by atoms with Crippen LogP contribution in [0.3, 0.4) is 0 Å². The van der Waals surface area contributed by atoms with E-state index in [9.17, 15) is 4.79 Å². The van der Waals surface area contributed by atoms with Gasteiger partial charge in [0, 0.05) is 19.6 Å². The third-order valence-corrected chi connectivity index (χ3v) is 4.24. The number of halogens is 1. The molecule has 0 spiro atoms. The van der Waals surface area contributed by atoms with Crippen LogP contribution in [0.1, 0.15) is 24.0 Å². The Labute approximate surface area is 154 Å². The summed E-state index contributed by atoms with van der Waals surface area (Å²) >= 11 is 0. The van der Waals surface area contributed by atoms with Crippen LogP contribution in [-0.2, 0) is 11.3 Å². The van der Waals surface area contributed by atoms with Crippen molar-refractivity contribution in [3.05, 3.63) is 59.7 Å². The molecule has 1 atom stereocenters. The predicted octanol–water partition coefficient (Wildman–Crippen LogP) is 2.93. The van der Waals surface area contributed by atoms with Crippen molar-refractivity contribution < 1.29 is 14.3 Å². The first-order valence-corrected chi connectivity index (χ1v) is 8.15. The number of carbonyl (C=O) groups excluding carboxylic acids is 1.